The minimum absolute atomic E-state index is 0.0398. The van der Waals surface area contributed by atoms with Gasteiger partial charge in [-0.3, -0.25) is 4.79 Å². The largest absolute Gasteiger partial charge is 0.383 e. The Morgan fingerprint density at radius 3 is 2.43 bits per heavy atom. The second kappa shape index (κ2) is 7.46. The van der Waals surface area contributed by atoms with Crippen LogP contribution >= 0.6 is 0 Å². The lowest BCUT2D eigenvalue weighted by atomic mass is 10.1. The molecule has 4 heteroatoms. The summed E-state index contributed by atoms with van der Waals surface area (Å²) in [5, 5.41) is 15.1. The van der Waals surface area contributed by atoms with Crippen molar-refractivity contribution in [2.75, 3.05) is 17.2 Å². The fourth-order valence-corrected chi connectivity index (χ4v) is 2.62. The highest BCUT2D eigenvalue weighted by molar-refractivity contribution is 5.92. The van der Waals surface area contributed by atoms with Crippen LogP contribution in [-0.4, -0.2) is 12.5 Å². The van der Waals surface area contributed by atoms with E-state index < -0.39 is 0 Å². The van der Waals surface area contributed by atoms with Crippen molar-refractivity contribution in [1.29, 1.82) is 5.26 Å². The van der Waals surface area contributed by atoms with Crippen LogP contribution < -0.4 is 10.6 Å². The molecular weight excluding hydrogens is 286 g/mol. The second-order valence-corrected chi connectivity index (χ2v) is 5.66. The minimum atomic E-state index is -0.0398. The Bertz CT molecular complexity index is 736. The van der Waals surface area contributed by atoms with Gasteiger partial charge in [-0.25, -0.2) is 0 Å². The quantitative estimate of drug-likeness (QED) is 0.879. The van der Waals surface area contributed by atoms with E-state index in [1.807, 2.05) is 39.0 Å². The molecule has 0 bridgehead atoms. The summed E-state index contributed by atoms with van der Waals surface area (Å²) >= 11 is 0. The molecule has 118 valence electrons. The number of anilines is 2. The van der Waals surface area contributed by atoms with E-state index in [9.17, 15) is 4.79 Å². The molecule has 0 aromatic heterocycles. The van der Waals surface area contributed by atoms with Gasteiger partial charge < -0.3 is 10.6 Å². The number of benzene rings is 2. The van der Waals surface area contributed by atoms with Crippen molar-refractivity contribution in [3.05, 3.63) is 58.7 Å². The van der Waals surface area contributed by atoms with Gasteiger partial charge in [-0.15, -0.1) is 0 Å². The molecule has 0 fully saturated rings. The number of amides is 1. The predicted octanol–water partition coefficient (Wildman–Crippen LogP) is 3.92. The van der Waals surface area contributed by atoms with Crippen LogP contribution in [-0.2, 0) is 4.79 Å². The second-order valence-electron chi connectivity index (χ2n) is 5.66. The van der Waals surface area contributed by atoms with Crippen LogP contribution in [0, 0.1) is 32.1 Å². The highest BCUT2D eigenvalue weighted by Crippen LogP contribution is 2.22. The molecule has 0 aliphatic rings. The van der Waals surface area contributed by atoms with Crippen LogP contribution in [0.3, 0.4) is 0 Å². The van der Waals surface area contributed by atoms with Gasteiger partial charge in [-0.05, 0) is 44.0 Å². The van der Waals surface area contributed by atoms with Crippen LogP contribution in [0.4, 0.5) is 11.4 Å². The molecule has 0 saturated carbocycles. The summed E-state index contributed by atoms with van der Waals surface area (Å²) in [6.07, 6.45) is 0.340. The van der Waals surface area contributed by atoms with Gasteiger partial charge in [0, 0.05) is 18.7 Å². The third-order valence-electron chi connectivity index (χ3n) is 3.66. The van der Waals surface area contributed by atoms with Crippen LogP contribution in [0.1, 0.15) is 28.7 Å². The summed E-state index contributed by atoms with van der Waals surface area (Å²) in [5.41, 5.74) is 5.55. The van der Waals surface area contributed by atoms with E-state index in [1.165, 1.54) is 5.56 Å². The fraction of sp³-hybridized carbons (Fsp3) is 0.263. The minimum Gasteiger partial charge on any atom is -0.383 e. The van der Waals surface area contributed by atoms with Gasteiger partial charge in [0.25, 0.3) is 0 Å². The third-order valence-corrected chi connectivity index (χ3v) is 3.66. The number of nitrogens with zero attached hydrogens (tertiary/aromatic N) is 1. The number of nitriles is 1. The van der Waals surface area contributed by atoms with E-state index in [0.717, 1.165) is 22.5 Å². The number of hydrogen-bond acceptors (Lipinski definition) is 3. The number of aryl methyl sites for hydroxylation is 3. The molecule has 0 heterocycles. The number of carbonyl (C=O) groups excluding carboxylic acids is 1. The van der Waals surface area contributed by atoms with Crippen molar-refractivity contribution in [3.8, 4) is 6.07 Å². The molecule has 0 atom stereocenters. The normalized spacial score (nSPS) is 10.0. The van der Waals surface area contributed by atoms with E-state index in [2.05, 4.69) is 28.8 Å². The van der Waals surface area contributed by atoms with Gasteiger partial charge in [0.05, 0.1) is 11.3 Å². The van der Waals surface area contributed by atoms with Crippen molar-refractivity contribution in [1.82, 2.24) is 0 Å². The van der Waals surface area contributed by atoms with Crippen LogP contribution in [0.15, 0.2) is 36.4 Å². The molecule has 4 nitrogen and oxygen atoms in total. The first kappa shape index (κ1) is 16.6. The van der Waals surface area contributed by atoms with E-state index >= 15 is 0 Å². The van der Waals surface area contributed by atoms with Crippen molar-refractivity contribution >= 4 is 17.3 Å². The highest BCUT2D eigenvalue weighted by atomic mass is 16.1. The van der Waals surface area contributed by atoms with Crippen molar-refractivity contribution < 1.29 is 4.79 Å². The highest BCUT2D eigenvalue weighted by Gasteiger charge is 2.08. The monoisotopic (exact) mass is 307 g/mol. The molecule has 0 saturated heterocycles. The molecule has 0 spiro atoms. The zero-order chi connectivity index (χ0) is 16.8. The first-order valence-electron chi connectivity index (χ1n) is 7.62. The lowest BCUT2D eigenvalue weighted by molar-refractivity contribution is -0.115. The van der Waals surface area contributed by atoms with Crippen molar-refractivity contribution in [2.45, 2.75) is 27.2 Å². The summed E-state index contributed by atoms with van der Waals surface area (Å²) in [6, 6.07) is 13.5. The molecule has 2 aromatic rings. The number of para-hydroxylation sites is 1. The van der Waals surface area contributed by atoms with E-state index in [1.54, 1.807) is 6.07 Å². The molecule has 2 aromatic carbocycles. The number of nitrogens with one attached hydrogen (secondary N) is 2. The maximum absolute atomic E-state index is 12.1. The Hall–Kier alpha value is -2.80. The third kappa shape index (κ3) is 4.33. The Labute approximate surface area is 137 Å². The average Bonchev–Trinajstić information content (AvgIpc) is 2.51. The van der Waals surface area contributed by atoms with Crippen LogP contribution in [0.25, 0.3) is 0 Å². The van der Waals surface area contributed by atoms with E-state index in [0.29, 0.717) is 18.5 Å². The van der Waals surface area contributed by atoms with Gasteiger partial charge in [-0.2, -0.15) is 5.26 Å². The van der Waals surface area contributed by atoms with Gasteiger partial charge in [0.15, 0.2) is 0 Å². The molecule has 2 rings (SSSR count). The summed E-state index contributed by atoms with van der Waals surface area (Å²) in [4.78, 5) is 12.1. The van der Waals surface area contributed by atoms with Gasteiger partial charge >= 0.3 is 0 Å². The molecule has 23 heavy (non-hydrogen) atoms. The van der Waals surface area contributed by atoms with Crippen LogP contribution in [0.5, 0.6) is 0 Å². The molecule has 2 N–H and O–H groups in total. The summed E-state index contributed by atoms with van der Waals surface area (Å²) in [6.45, 7) is 6.52. The SMILES string of the molecule is Cc1cc(C)c(NC(=O)CCNc2ccccc2C#N)c(C)c1. The standard InChI is InChI=1S/C19H21N3O/c1-13-10-14(2)19(15(3)11-13)22-18(23)8-9-21-17-7-5-4-6-16(17)12-20/h4-7,10-11,21H,8-9H2,1-3H3,(H,22,23). The lowest BCUT2D eigenvalue weighted by Gasteiger charge is -2.13. The van der Waals surface area contributed by atoms with E-state index in [4.69, 9.17) is 5.26 Å². The number of carbonyl (C=O) groups is 1. The van der Waals surface area contributed by atoms with Gasteiger partial charge in [-0.1, -0.05) is 29.8 Å². The maximum atomic E-state index is 12.1. The average molecular weight is 307 g/mol. The number of rotatable bonds is 5. The summed E-state index contributed by atoms with van der Waals surface area (Å²) in [7, 11) is 0. The molecule has 0 aliphatic carbocycles. The van der Waals surface area contributed by atoms with E-state index in [-0.39, 0.29) is 5.91 Å². The molecule has 0 radical (unpaired) electrons. The van der Waals surface area contributed by atoms with Gasteiger partial charge in [0.2, 0.25) is 5.91 Å². The molecular formula is C19H21N3O. The molecule has 1 amide bonds. The zero-order valence-electron chi connectivity index (χ0n) is 13.7. The first-order valence-corrected chi connectivity index (χ1v) is 7.62. The van der Waals surface area contributed by atoms with Crippen molar-refractivity contribution in [2.24, 2.45) is 0 Å². The Morgan fingerprint density at radius 1 is 1.13 bits per heavy atom. The lowest BCUT2D eigenvalue weighted by Crippen LogP contribution is -2.17. The zero-order valence-corrected chi connectivity index (χ0v) is 13.7. The Kier molecular flexibility index (Phi) is 5.37. The maximum Gasteiger partial charge on any atom is 0.226 e. The summed E-state index contributed by atoms with van der Waals surface area (Å²) < 4.78 is 0. The first-order chi connectivity index (χ1) is 11.0. The van der Waals surface area contributed by atoms with Crippen molar-refractivity contribution in [3.63, 3.8) is 0 Å². The topological polar surface area (TPSA) is 64.9 Å². The Morgan fingerprint density at radius 2 is 1.78 bits per heavy atom. The van der Waals surface area contributed by atoms with Gasteiger partial charge in [0.1, 0.15) is 6.07 Å². The smallest absolute Gasteiger partial charge is 0.226 e. The number of hydrogen-bond donors (Lipinski definition) is 2. The fourth-order valence-electron chi connectivity index (χ4n) is 2.62. The molecule has 0 unspecified atom stereocenters. The Balaban J connectivity index is 1.93. The van der Waals surface area contributed by atoms with Crippen LogP contribution in [0.2, 0.25) is 0 Å². The predicted molar refractivity (Wildman–Crippen MR) is 93.5 cm³/mol. The molecule has 0 aliphatic heterocycles. The summed E-state index contributed by atoms with van der Waals surface area (Å²) in [5.74, 6) is -0.0398.